The molecule has 0 aliphatic rings. The number of aromatic nitrogens is 1. The fourth-order valence-corrected chi connectivity index (χ4v) is 2.37. The van der Waals surface area contributed by atoms with Gasteiger partial charge < -0.3 is 10.5 Å². The van der Waals surface area contributed by atoms with Gasteiger partial charge in [-0.25, -0.2) is 4.98 Å². The van der Waals surface area contributed by atoms with Crippen molar-refractivity contribution in [1.29, 1.82) is 0 Å². The minimum Gasteiger partial charge on any atom is -0.372 e. The molecule has 0 aromatic carbocycles. The van der Waals surface area contributed by atoms with Gasteiger partial charge >= 0.3 is 0 Å². The van der Waals surface area contributed by atoms with Crippen molar-refractivity contribution in [1.82, 2.24) is 4.98 Å². The topological polar surface area (TPSA) is 48.1 Å². The maximum absolute atomic E-state index is 5.83. The number of rotatable bonds is 4. The van der Waals surface area contributed by atoms with Crippen molar-refractivity contribution in [3.8, 4) is 0 Å². The largest absolute Gasteiger partial charge is 0.372 e. The van der Waals surface area contributed by atoms with Crippen molar-refractivity contribution < 1.29 is 4.74 Å². The van der Waals surface area contributed by atoms with E-state index in [9.17, 15) is 0 Å². The van der Waals surface area contributed by atoms with E-state index >= 15 is 0 Å². The molecule has 0 amide bonds. The first-order valence-electron chi connectivity index (χ1n) is 4.90. The summed E-state index contributed by atoms with van der Waals surface area (Å²) >= 11 is 1.65. The van der Waals surface area contributed by atoms with E-state index in [1.54, 1.807) is 11.3 Å². The number of thiazole rings is 1. The molecule has 2 atom stereocenters. The molecule has 0 spiro atoms. The summed E-state index contributed by atoms with van der Waals surface area (Å²) in [5.74, 6) is 0. The third kappa shape index (κ3) is 2.53. The zero-order chi connectivity index (χ0) is 10.7. The number of nitrogens with two attached hydrogens (primary N) is 1. The van der Waals surface area contributed by atoms with Gasteiger partial charge in [0.05, 0.1) is 5.69 Å². The first kappa shape index (κ1) is 11.6. The molecule has 0 saturated carbocycles. The quantitative estimate of drug-likeness (QED) is 0.838. The second-order valence-electron chi connectivity index (χ2n) is 3.39. The molecule has 0 aliphatic carbocycles. The Balaban J connectivity index is 2.85. The predicted molar refractivity (Wildman–Crippen MR) is 59.5 cm³/mol. The van der Waals surface area contributed by atoms with E-state index in [0.717, 1.165) is 15.6 Å². The van der Waals surface area contributed by atoms with Gasteiger partial charge in [0, 0.05) is 17.5 Å². The molecule has 0 bridgehead atoms. The SMILES string of the molecule is CCOC(C)c1nc(C)c(C(C)N)s1. The summed E-state index contributed by atoms with van der Waals surface area (Å²) in [6, 6.07) is 0.0649. The minimum absolute atomic E-state index is 0.0649. The van der Waals surface area contributed by atoms with Crippen LogP contribution in [-0.2, 0) is 4.74 Å². The van der Waals surface area contributed by atoms with Crippen molar-refractivity contribution >= 4 is 11.3 Å². The van der Waals surface area contributed by atoms with Gasteiger partial charge in [-0.2, -0.15) is 0 Å². The Morgan fingerprint density at radius 1 is 1.50 bits per heavy atom. The molecule has 80 valence electrons. The van der Waals surface area contributed by atoms with Crippen LogP contribution in [0.2, 0.25) is 0 Å². The van der Waals surface area contributed by atoms with Crippen LogP contribution in [0.1, 0.15) is 48.5 Å². The molecule has 14 heavy (non-hydrogen) atoms. The van der Waals surface area contributed by atoms with Crippen LogP contribution >= 0.6 is 11.3 Å². The normalized spacial score (nSPS) is 15.5. The van der Waals surface area contributed by atoms with Crippen molar-refractivity contribution in [2.75, 3.05) is 6.61 Å². The average Bonchev–Trinajstić information content (AvgIpc) is 2.48. The maximum Gasteiger partial charge on any atom is 0.122 e. The van der Waals surface area contributed by atoms with Crippen LogP contribution in [0.5, 0.6) is 0 Å². The van der Waals surface area contributed by atoms with Gasteiger partial charge in [-0.15, -0.1) is 11.3 Å². The molecular formula is C10H18N2OS. The second-order valence-corrected chi connectivity index (χ2v) is 4.45. The van der Waals surface area contributed by atoms with Crippen LogP contribution < -0.4 is 5.73 Å². The van der Waals surface area contributed by atoms with E-state index < -0.39 is 0 Å². The number of nitrogens with zero attached hydrogens (tertiary/aromatic N) is 1. The lowest BCUT2D eigenvalue weighted by Crippen LogP contribution is -2.03. The van der Waals surface area contributed by atoms with Crippen LogP contribution in [-0.4, -0.2) is 11.6 Å². The van der Waals surface area contributed by atoms with Crippen LogP contribution in [0.4, 0.5) is 0 Å². The lowest BCUT2D eigenvalue weighted by atomic mass is 10.2. The smallest absolute Gasteiger partial charge is 0.122 e. The van der Waals surface area contributed by atoms with E-state index in [-0.39, 0.29) is 12.1 Å². The van der Waals surface area contributed by atoms with Crippen LogP contribution in [0, 0.1) is 6.92 Å². The highest BCUT2D eigenvalue weighted by Crippen LogP contribution is 2.28. The summed E-state index contributed by atoms with van der Waals surface area (Å²) in [4.78, 5) is 5.62. The lowest BCUT2D eigenvalue weighted by Gasteiger charge is -2.06. The Labute approximate surface area is 89.3 Å². The van der Waals surface area contributed by atoms with Crippen LogP contribution in [0.25, 0.3) is 0 Å². The molecule has 2 unspecified atom stereocenters. The van der Waals surface area contributed by atoms with Crippen LogP contribution in [0.15, 0.2) is 0 Å². The maximum atomic E-state index is 5.83. The molecule has 1 aromatic rings. The summed E-state index contributed by atoms with van der Waals surface area (Å²) in [6.45, 7) is 8.70. The first-order valence-corrected chi connectivity index (χ1v) is 5.72. The van der Waals surface area contributed by atoms with E-state index in [2.05, 4.69) is 4.98 Å². The van der Waals surface area contributed by atoms with E-state index in [1.165, 1.54) is 0 Å². The number of hydrogen-bond acceptors (Lipinski definition) is 4. The highest BCUT2D eigenvalue weighted by Gasteiger charge is 2.15. The van der Waals surface area contributed by atoms with Gasteiger partial charge in [0.1, 0.15) is 11.1 Å². The van der Waals surface area contributed by atoms with Gasteiger partial charge in [0.15, 0.2) is 0 Å². The van der Waals surface area contributed by atoms with Gasteiger partial charge in [-0.1, -0.05) is 0 Å². The molecular weight excluding hydrogens is 196 g/mol. The molecule has 2 N–H and O–H groups in total. The molecule has 0 fully saturated rings. The molecule has 0 aliphatic heterocycles. The van der Waals surface area contributed by atoms with Gasteiger partial charge in [-0.3, -0.25) is 0 Å². The Bertz CT molecular complexity index is 296. The predicted octanol–water partition coefficient (Wildman–Crippen LogP) is 2.57. The lowest BCUT2D eigenvalue weighted by molar-refractivity contribution is 0.0761. The molecule has 3 nitrogen and oxygen atoms in total. The van der Waals surface area contributed by atoms with Crippen molar-refractivity contribution in [2.24, 2.45) is 5.73 Å². The molecule has 1 aromatic heterocycles. The fourth-order valence-electron chi connectivity index (χ4n) is 1.35. The Kier molecular flexibility index (Phi) is 4.04. The summed E-state index contributed by atoms with van der Waals surface area (Å²) in [7, 11) is 0. The number of ether oxygens (including phenoxy) is 1. The monoisotopic (exact) mass is 214 g/mol. The molecule has 4 heteroatoms. The zero-order valence-corrected chi connectivity index (χ0v) is 10.0. The second kappa shape index (κ2) is 4.87. The Hall–Kier alpha value is -0.450. The summed E-state index contributed by atoms with van der Waals surface area (Å²) in [6.07, 6.45) is 0.0798. The standard InChI is InChI=1S/C10H18N2OS/c1-5-13-8(4)10-12-7(3)9(14-10)6(2)11/h6,8H,5,11H2,1-4H3. The summed E-state index contributed by atoms with van der Waals surface area (Å²) in [5, 5.41) is 1.02. The number of aryl methyl sites for hydroxylation is 1. The molecule has 0 radical (unpaired) electrons. The van der Waals surface area contributed by atoms with E-state index in [0.29, 0.717) is 6.61 Å². The van der Waals surface area contributed by atoms with Gasteiger partial charge in [-0.05, 0) is 27.7 Å². The summed E-state index contributed by atoms with van der Waals surface area (Å²) < 4.78 is 5.48. The third-order valence-electron chi connectivity index (χ3n) is 2.03. The highest BCUT2D eigenvalue weighted by molar-refractivity contribution is 7.11. The van der Waals surface area contributed by atoms with Gasteiger partial charge in [0.2, 0.25) is 0 Å². The Morgan fingerprint density at radius 2 is 2.14 bits per heavy atom. The van der Waals surface area contributed by atoms with Crippen molar-refractivity contribution in [3.05, 3.63) is 15.6 Å². The minimum atomic E-state index is 0.0649. The summed E-state index contributed by atoms with van der Waals surface area (Å²) in [5.41, 5.74) is 6.87. The van der Waals surface area contributed by atoms with Crippen LogP contribution in [0.3, 0.4) is 0 Å². The Morgan fingerprint density at radius 3 is 2.57 bits per heavy atom. The van der Waals surface area contributed by atoms with E-state index in [4.69, 9.17) is 10.5 Å². The molecule has 1 heterocycles. The first-order chi connectivity index (χ1) is 6.56. The molecule has 1 rings (SSSR count). The fraction of sp³-hybridized carbons (Fsp3) is 0.700. The van der Waals surface area contributed by atoms with Gasteiger partial charge in [0.25, 0.3) is 0 Å². The zero-order valence-electron chi connectivity index (χ0n) is 9.20. The molecule has 0 saturated heterocycles. The van der Waals surface area contributed by atoms with Crippen molar-refractivity contribution in [3.63, 3.8) is 0 Å². The van der Waals surface area contributed by atoms with E-state index in [1.807, 2.05) is 27.7 Å². The third-order valence-corrected chi connectivity index (χ3v) is 3.55. The highest BCUT2D eigenvalue weighted by atomic mass is 32.1. The van der Waals surface area contributed by atoms with Crippen molar-refractivity contribution in [2.45, 2.75) is 39.8 Å². The number of hydrogen-bond donors (Lipinski definition) is 1. The average molecular weight is 214 g/mol.